The van der Waals surface area contributed by atoms with Gasteiger partial charge in [-0.1, -0.05) is 30.3 Å². The van der Waals surface area contributed by atoms with Crippen LogP contribution in [0.25, 0.3) is 11.1 Å². The van der Waals surface area contributed by atoms with Crippen molar-refractivity contribution in [2.24, 2.45) is 0 Å². The molecule has 0 aliphatic heterocycles. The summed E-state index contributed by atoms with van der Waals surface area (Å²) >= 11 is 0. The molecule has 1 heterocycles. The van der Waals surface area contributed by atoms with E-state index in [2.05, 4.69) is 10.4 Å². The first-order chi connectivity index (χ1) is 12.4. The molecule has 1 aromatic carbocycles. The summed E-state index contributed by atoms with van der Waals surface area (Å²) in [6.07, 6.45) is 1.02. The number of nitrogens with zero attached hydrogens (tertiary/aromatic N) is 2. The second-order valence-corrected chi connectivity index (χ2v) is 6.83. The lowest BCUT2D eigenvalue weighted by atomic mass is 9.77. The van der Waals surface area contributed by atoms with E-state index in [9.17, 15) is 14.7 Å². The molecule has 1 aromatic heterocycles. The van der Waals surface area contributed by atoms with Crippen LogP contribution in [0.2, 0.25) is 0 Å². The zero-order chi connectivity index (χ0) is 18.7. The van der Waals surface area contributed by atoms with Gasteiger partial charge in [0.15, 0.2) is 0 Å². The molecule has 138 valence electrons. The maximum atomic E-state index is 12.4. The summed E-state index contributed by atoms with van der Waals surface area (Å²) in [6.45, 7) is 3.78. The minimum atomic E-state index is -0.716. The number of amides is 1. The van der Waals surface area contributed by atoms with Gasteiger partial charge in [-0.2, -0.15) is 0 Å². The second kappa shape index (κ2) is 7.29. The quantitative estimate of drug-likeness (QED) is 0.814. The Balaban J connectivity index is 1.79. The van der Waals surface area contributed by atoms with Crippen molar-refractivity contribution < 1.29 is 14.6 Å². The number of carbonyl (C=O) groups excluding carboxylic acids is 1. The lowest BCUT2D eigenvalue weighted by molar-refractivity contribution is -0.125. The van der Waals surface area contributed by atoms with E-state index in [-0.39, 0.29) is 24.1 Å². The highest BCUT2D eigenvalue weighted by molar-refractivity contribution is 5.76. The molecule has 0 spiro atoms. The lowest BCUT2D eigenvalue weighted by Gasteiger charge is -2.41. The molecular formula is C19H23N3O4. The molecule has 2 aromatic rings. The van der Waals surface area contributed by atoms with Gasteiger partial charge < -0.3 is 15.2 Å². The van der Waals surface area contributed by atoms with Gasteiger partial charge in [0.25, 0.3) is 5.56 Å². The van der Waals surface area contributed by atoms with Crippen molar-refractivity contribution in [2.75, 3.05) is 6.61 Å². The number of carbonyl (C=O) groups is 1. The number of aliphatic hydroxyl groups is 1. The minimum Gasteiger partial charge on any atom is -0.477 e. The van der Waals surface area contributed by atoms with Crippen LogP contribution in [0.5, 0.6) is 5.88 Å². The molecule has 1 aliphatic carbocycles. The molecule has 1 aliphatic rings. The molecular weight excluding hydrogens is 334 g/mol. The number of aromatic nitrogens is 2. The van der Waals surface area contributed by atoms with Crippen molar-refractivity contribution in [2.45, 2.75) is 44.9 Å². The molecule has 0 atom stereocenters. The van der Waals surface area contributed by atoms with Crippen molar-refractivity contribution in [3.63, 3.8) is 0 Å². The number of hydrogen-bond acceptors (Lipinski definition) is 5. The molecule has 0 radical (unpaired) electrons. The van der Waals surface area contributed by atoms with E-state index in [4.69, 9.17) is 4.74 Å². The first-order valence-electron chi connectivity index (χ1n) is 8.70. The summed E-state index contributed by atoms with van der Waals surface area (Å²) in [4.78, 5) is 24.6. The number of ether oxygens (including phenoxy) is 1. The van der Waals surface area contributed by atoms with Crippen LogP contribution >= 0.6 is 0 Å². The minimum absolute atomic E-state index is 0.0665. The lowest BCUT2D eigenvalue weighted by Crippen LogP contribution is -2.54. The van der Waals surface area contributed by atoms with Crippen molar-refractivity contribution >= 4 is 5.91 Å². The average molecular weight is 357 g/mol. The summed E-state index contributed by atoms with van der Waals surface area (Å²) in [7, 11) is 0. The number of nitrogens with one attached hydrogen (secondary N) is 1. The highest BCUT2D eigenvalue weighted by atomic mass is 16.5. The molecule has 26 heavy (non-hydrogen) atoms. The molecule has 3 rings (SSSR count). The molecule has 1 amide bonds. The molecule has 0 unspecified atom stereocenters. The third-order valence-electron chi connectivity index (χ3n) is 4.36. The fourth-order valence-electron chi connectivity index (χ4n) is 3.17. The molecule has 0 saturated heterocycles. The smallest absolute Gasteiger partial charge is 0.268 e. The highest BCUT2D eigenvalue weighted by Gasteiger charge is 2.39. The zero-order valence-electron chi connectivity index (χ0n) is 14.9. The predicted molar refractivity (Wildman–Crippen MR) is 96.9 cm³/mol. The number of hydrogen-bond donors (Lipinski definition) is 2. The van der Waals surface area contributed by atoms with Crippen molar-refractivity contribution in [3.8, 4) is 17.0 Å². The highest BCUT2D eigenvalue weighted by Crippen LogP contribution is 2.31. The largest absolute Gasteiger partial charge is 0.477 e. The molecule has 7 heteroatoms. The molecule has 1 fully saturated rings. The maximum Gasteiger partial charge on any atom is 0.268 e. The number of rotatable bonds is 6. The van der Waals surface area contributed by atoms with Crippen LogP contribution < -0.4 is 15.6 Å². The predicted octanol–water partition coefficient (Wildman–Crippen LogP) is 1.34. The van der Waals surface area contributed by atoms with Crippen molar-refractivity contribution in [1.29, 1.82) is 0 Å². The fraction of sp³-hybridized carbons (Fsp3) is 0.421. The number of benzene rings is 1. The first kappa shape index (κ1) is 18.1. The van der Waals surface area contributed by atoms with Gasteiger partial charge in [-0.15, -0.1) is 5.10 Å². The summed E-state index contributed by atoms with van der Waals surface area (Å²) in [5, 5.41) is 16.8. The Morgan fingerprint density at radius 3 is 2.69 bits per heavy atom. The average Bonchev–Trinajstić information content (AvgIpc) is 2.57. The molecule has 7 nitrogen and oxygen atoms in total. The van der Waals surface area contributed by atoms with E-state index in [0.717, 1.165) is 10.2 Å². The monoisotopic (exact) mass is 357 g/mol. The third kappa shape index (κ3) is 4.11. The van der Waals surface area contributed by atoms with E-state index in [1.165, 1.54) is 6.07 Å². The van der Waals surface area contributed by atoms with Gasteiger partial charge in [-0.05, 0) is 32.3 Å². The van der Waals surface area contributed by atoms with Crippen molar-refractivity contribution in [3.05, 3.63) is 46.8 Å². The maximum absolute atomic E-state index is 12.4. The Morgan fingerprint density at radius 1 is 1.38 bits per heavy atom. The Bertz CT molecular complexity index is 838. The van der Waals surface area contributed by atoms with Gasteiger partial charge in [-0.25, -0.2) is 4.68 Å². The van der Waals surface area contributed by atoms with Crippen LogP contribution in [0, 0.1) is 0 Å². The van der Waals surface area contributed by atoms with Crippen LogP contribution in [-0.4, -0.2) is 39.0 Å². The van der Waals surface area contributed by atoms with Crippen LogP contribution in [0.3, 0.4) is 0 Å². The Labute approximate surface area is 151 Å². The summed E-state index contributed by atoms with van der Waals surface area (Å²) < 4.78 is 6.67. The van der Waals surface area contributed by atoms with E-state index < -0.39 is 5.60 Å². The van der Waals surface area contributed by atoms with Gasteiger partial charge in [-0.3, -0.25) is 9.59 Å². The van der Waals surface area contributed by atoms with Crippen LogP contribution in [-0.2, 0) is 11.3 Å². The van der Waals surface area contributed by atoms with Crippen LogP contribution in [0.1, 0.15) is 26.7 Å². The summed E-state index contributed by atoms with van der Waals surface area (Å²) in [5.41, 5.74) is 0.341. The van der Waals surface area contributed by atoms with Crippen LogP contribution in [0.4, 0.5) is 0 Å². The Morgan fingerprint density at radius 2 is 2.08 bits per heavy atom. The molecule has 1 saturated carbocycles. The zero-order valence-corrected chi connectivity index (χ0v) is 14.9. The normalized spacial score (nSPS) is 21.7. The first-order valence-corrected chi connectivity index (χ1v) is 8.70. The van der Waals surface area contributed by atoms with Crippen LogP contribution in [0.15, 0.2) is 41.2 Å². The van der Waals surface area contributed by atoms with E-state index in [1.807, 2.05) is 37.3 Å². The fourth-order valence-corrected chi connectivity index (χ4v) is 3.17. The molecule has 0 bridgehead atoms. The van der Waals surface area contributed by atoms with E-state index >= 15 is 0 Å². The van der Waals surface area contributed by atoms with Gasteiger partial charge in [0.2, 0.25) is 11.8 Å². The summed E-state index contributed by atoms with van der Waals surface area (Å²) in [6, 6.07) is 10.8. The Kier molecular flexibility index (Phi) is 5.08. The van der Waals surface area contributed by atoms with Gasteiger partial charge in [0, 0.05) is 12.1 Å². The van der Waals surface area contributed by atoms with Crippen molar-refractivity contribution in [1.82, 2.24) is 15.1 Å². The SMILES string of the molecule is CCOc1nn(CC(=O)NC2CC(C)(O)C2)c(=O)cc1-c1ccccc1. The Hall–Kier alpha value is -2.67. The van der Waals surface area contributed by atoms with Gasteiger partial charge in [0.1, 0.15) is 6.54 Å². The summed E-state index contributed by atoms with van der Waals surface area (Å²) in [5.74, 6) is 0.00712. The van der Waals surface area contributed by atoms with Gasteiger partial charge >= 0.3 is 0 Å². The second-order valence-electron chi connectivity index (χ2n) is 6.83. The standard InChI is InChI=1S/C19H23N3O4/c1-3-26-18-15(13-7-5-4-6-8-13)9-17(24)22(21-18)12-16(23)20-14-10-19(2,25)11-14/h4-9,14,25H,3,10-12H2,1-2H3,(H,20,23). The van der Waals surface area contributed by atoms with E-state index in [1.54, 1.807) is 6.92 Å². The molecule has 2 N–H and O–H groups in total. The van der Waals surface area contributed by atoms with E-state index in [0.29, 0.717) is 30.9 Å². The van der Waals surface area contributed by atoms with Gasteiger partial charge in [0.05, 0.1) is 17.8 Å². The topological polar surface area (TPSA) is 93.5 Å². The third-order valence-corrected chi connectivity index (χ3v) is 4.36.